The standard InChI is InChI=1S/C19H20BrN7OS/c1-13(15-7-3-2-4-8-15)23-17(28)12-29-19-26-25-18(27(19)21)24-22-11-14-6-5-9-16(20)10-14/h2-11,13H,12,21H2,1H3,(H,23,28)(H,24,25)/b22-11+. The molecule has 10 heteroatoms. The number of hydrazone groups is 1. The third kappa shape index (κ3) is 6.06. The number of halogens is 1. The van der Waals surface area contributed by atoms with Crippen LogP contribution in [0.25, 0.3) is 0 Å². The smallest absolute Gasteiger partial charge is 0.264 e. The number of nitrogens with zero attached hydrogens (tertiary/aromatic N) is 4. The normalized spacial score (nSPS) is 12.1. The fourth-order valence-electron chi connectivity index (χ4n) is 2.44. The van der Waals surface area contributed by atoms with E-state index in [1.807, 2.05) is 61.5 Å². The van der Waals surface area contributed by atoms with Gasteiger partial charge in [0.05, 0.1) is 18.0 Å². The highest BCUT2D eigenvalue weighted by molar-refractivity contribution is 9.10. The molecule has 1 heterocycles. The van der Waals surface area contributed by atoms with Gasteiger partial charge in [-0.3, -0.25) is 4.79 Å². The van der Waals surface area contributed by atoms with Gasteiger partial charge in [-0.15, -0.1) is 10.2 Å². The number of anilines is 1. The molecule has 0 saturated heterocycles. The van der Waals surface area contributed by atoms with Crippen LogP contribution in [0.2, 0.25) is 0 Å². The van der Waals surface area contributed by atoms with Crippen LogP contribution in [0.15, 0.2) is 69.3 Å². The maximum atomic E-state index is 12.2. The summed E-state index contributed by atoms with van der Waals surface area (Å²) in [6.07, 6.45) is 1.64. The van der Waals surface area contributed by atoms with Gasteiger partial charge in [0.25, 0.3) is 5.95 Å². The summed E-state index contributed by atoms with van der Waals surface area (Å²) in [6.45, 7) is 1.94. The lowest BCUT2D eigenvalue weighted by atomic mass is 10.1. The van der Waals surface area contributed by atoms with E-state index in [9.17, 15) is 4.79 Å². The van der Waals surface area contributed by atoms with Gasteiger partial charge < -0.3 is 11.2 Å². The van der Waals surface area contributed by atoms with Crippen LogP contribution >= 0.6 is 27.7 Å². The Bertz CT molecular complexity index is 993. The van der Waals surface area contributed by atoms with Gasteiger partial charge in [-0.25, -0.2) is 10.1 Å². The fraction of sp³-hybridized carbons (Fsp3) is 0.158. The molecule has 1 unspecified atom stereocenters. The summed E-state index contributed by atoms with van der Waals surface area (Å²) in [4.78, 5) is 12.2. The highest BCUT2D eigenvalue weighted by Crippen LogP contribution is 2.17. The number of amides is 1. The predicted octanol–water partition coefficient (Wildman–Crippen LogP) is 3.17. The number of benzene rings is 2. The predicted molar refractivity (Wildman–Crippen MR) is 119 cm³/mol. The monoisotopic (exact) mass is 473 g/mol. The molecular weight excluding hydrogens is 454 g/mol. The van der Waals surface area contributed by atoms with Gasteiger partial charge in [0.2, 0.25) is 11.1 Å². The Balaban J connectivity index is 1.51. The second-order valence-corrected chi connectivity index (χ2v) is 7.95. The molecule has 2 aromatic carbocycles. The molecule has 29 heavy (non-hydrogen) atoms. The van der Waals surface area contributed by atoms with Crippen LogP contribution in [0.4, 0.5) is 5.95 Å². The van der Waals surface area contributed by atoms with E-state index >= 15 is 0 Å². The zero-order valence-electron chi connectivity index (χ0n) is 15.6. The fourth-order valence-corrected chi connectivity index (χ4v) is 3.53. The van der Waals surface area contributed by atoms with Crippen molar-refractivity contribution in [2.45, 2.75) is 18.1 Å². The number of thioether (sulfide) groups is 1. The van der Waals surface area contributed by atoms with Gasteiger partial charge in [0.15, 0.2) is 0 Å². The van der Waals surface area contributed by atoms with E-state index in [4.69, 9.17) is 5.84 Å². The van der Waals surface area contributed by atoms with Crippen LogP contribution < -0.4 is 16.6 Å². The van der Waals surface area contributed by atoms with Crippen LogP contribution in [0.1, 0.15) is 24.1 Å². The maximum absolute atomic E-state index is 12.2. The van der Waals surface area contributed by atoms with Crippen LogP contribution in [0.3, 0.4) is 0 Å². The zero-order chi connectivity index (χ0) is 20.6. The van der Waals surface area contributed by atoms with Crippen LogP contribution in [-0.4, -0.2) is 32.7 Å². The Hall–Kier alpha value is -2.85. The molecule has 0 spiro atoms. The van der Waals surface area contributed by atoms with Crippen molar-refractivity contribution in [1.29, 1.82) is 0 Å². The van der Waals surface area contributed by atoms with Crippen molar-refractivity contribution in [2.75, 3.05) is 17.0 Å². The third-order valence-corrected chi connectivity index (χ3v) is 5.34. The first kappa shape index (κ1) is 20.9. The van der Waals surface area contributed by atoms with E-state index < -0.39 is 0 Å². The number of nitrogens with two attached hydrogens (primary N) is 1. The summed E-state index contributed by atoms with van der Waals surface area (Å²) in [5.41, 5.74) is 4.70. The molecular formula is C19H20BrN7OS. The third-order valence-electron chi connectivity index (χ3n) is 3.90. The largest absolute Gasteiger partial charge is 0.349 e. The molecule has 1 atom stereocenters. The van der Waals surface area contributed by atoms with E-state index in [2.05, 4.69) is 42.0 Å². The topological polar surface area (TPSA) is 110 Å². The van der Waals surface area contributed by atoms with Crippen molar-refractivity contribution >= 4 is 45.8 Å². The van der Waals surface area contributed by atoms with E-state index in [0.29, 0.717) is 5.16 Å². The summed E-state index contributed by atoms with van der Waals surface area (Å²) in [6, 6.07) is 17.4. The van der Waals surface area contributed by atoms with Crippen LogP contribution in [0.5, 0.6) is 0 Å². The second-order valence-electron chi connectivity index (χ2n) is 6.09. The average Bonchev–Trinajstić information content (AvgIpc) is 3.07. The molecule has 0 aliphatic rings. The van der Waals surface area contributed by atoms with E-state index in [0.717, 1.165) is 15.6 Å². The molecule has 3 rings (SSSR count). The second kappa shape index (κ2) is 10.1. The SMILES string of the molecule is CC(NC(=O)CSc1nnc(N/N=C/c2cccc(Br)c2)n1N)c1ccccc1. The zero-order valence-corrected chi connectivity index (χ0v) is 18.0. The quantitative estimate of drug-likeness (QED) is 0.200. The van der Waals surface area contributed by atoms with Crippen molar-refractivity contribution in [1.82, 2.24) is 20.2 Å². The van der Waals surface area contributed by atoms with E-state index in [1.54, 1.807) is 6.21 Å². The van der Waals surface area contributed by atoms with Gasteiger partial charge in [-0.05, 0) is 30.2 Å². The minimum atomic E-state index is -0.114. The van der Waals surface area contributed by atoms with Gasteiger partial charge in [0.1, 0.15) is 0 Å². The number of hydrogen-bond donors (Lipinski definition) is 3. The molecule has 0 bridgehead atoms. The molecule has 1 amide bonds. The number of carbonyl (C=O) groups is 1. The van der Waals surface area contributed by atoms with Crippen LogP contribution in [-0.2, 0) is 4.79 Å². The van der Waals surface area contributed by atoms with E-state index in [-0.39, 0.29) is 23.7 Å². The highest BCUT2D eigenvalue weighted by atomic mass is 79.9. The number of carbonyl (C=O) groups excluding carboxylic acids is 1. The molecule has 0 aliphatic carbocycles. The summed E-state index contributed by atoms with van der Waals surface area (Å²) < 4.78 is 2.22. The summed E-state index contributed by atoms with van der Waals surface area (Å²) in [5, 5.41) is 15.4. The first-order valence-electron chi connectivity index (χ1n) is 8.75. The molecule has 0 saturated carbocycles. The number of nitrogen functional groups attached to an aromatic ring is 1. The van der Waals surface area contributed by atoms with Gasteiger partial charge in [-0.1, -0.05) is 70.2 Å². The van der Waals surface area contributed by atoms with Crippen molar-refractivity contribution < 1.29 is 4.79 Å². The molecule has 0 radical (unpaired) electrons. The number of hydrogen-bond acceptors (Lipinski definition) is 7. The molecule has 0 aliphatic heterocycles. The number of nitrogens with one attached hydrogen (secondary N) is 2. The van der Waals surface area contributed by atoms with Crippen molar-refractivity contribution in [3.05, 3.63) is 70.2 Å². The van der Waals surface area contributed by atoms with Crippen molar-refractivity contribution in [2.24, 2.45) is 5.10 Å². The molecule has 150 valence electrons. The number of aromatic nitrogens is 3. The molecule has 0 fully saturated rings. The molecule has 4 N–H and O–H groups in total. The summed E-state index contributed by atoms with van der Waals surface area (Å²) in [7, 11) is 0. The minimum Gasteiger partial charge on any atom is -0.349 e. The van der Waals surface area contributed by atoms with Gasteiger partial charge >= 0.3 is 0 Å². The van der Waals surface area contributed by atoms with Crippen LogP contribution in [0, 0.1) is 0 Å². The lowest BCUT2D eigenvalue weighted by Gasteiger charge is -2.13. The van der Waals surface area contributed by atoms with Gasteiger partial charge in [0, 0.05) is 4.47 Å². The number of rotatable bonds is 8. The Morgan fingerprint density at radius 1 is 1.28 bits per heavy atom. The average molecular weight is 474 g/mol. The molecule has 1 aromatic heterocycles. The first-order chi connectivity index (χ1) is 14.0. The Morgan fingerprint density at radius 3 is 2.83 bits per heavy atom. The molecule has 8 nitrogen and oxygen atoms in total. The Morgan fingerprint density at radius 2 is 2.07 bits per heavy atom. The Labute approximate surface area is 181 Å². The maximum Gasteiger partial charge on any atom is 0.264 e. The van der Waals surface area contributed by atoms with Crippen molar-refractivity contribution in [3.8, 4) is 0 Å². The highest BCUT2D eigenvalue weighted by Gasteiger charge is 2.14. The Kier molecular flexibility index (Phi) is 7.25. The molecule has 3 aromatic rings. The minimum absolute atomic E-state index is 0.0790. The summed E-state index contributed by atoms with van der Waals surface area (Å²) in [5.74, 6) is 6.32. The van der Waals surface area contributed by atoms with Gasteiger partial charge in [-0.2, -0.15) is 5.10 Å². The lowest BCUT2D eigenvalue weighted by molar-refractivity contribution is -0.119. The summed E-state index contributed by atoms with van der Waals surface area (Å²) >= 11 is 4.61. The first-order valence-corrected chi connectivity index (χ1v) is 10.5. The van der Waals surface area contributed by atoms with E-state index in [1.165, 1.54) is 16.4 Å². The lowest BCUT2D eigenvalue weighted by Crippen LogP contribution is -2.28. The van der Waals surface area contributed by atoms with Crippen molar-refractivity contribution in [3.63, 3.8) is 0 Å².